The van der Waals surface area contributed by atoms with Crippen molar-refractivity contribution in [3.8, 4) is 0 Å². The maximum Gasteiger partial charge on any atom is 0.305 e. The average Bonchev–Trinajstić information content (AvgIpc) is 1.85. The van der Waals surface area contributed by atoms with Crippen LogP contribution < -0.4 is 0 Å². The Kier molecular flexibility index (Phi) is 1.65. The Balaban J connectivity index is 2.51. The van der Waals surface area contributed by atoms with Crippen molar-refractivity contribution in [3.63, 3.8) is 0 Å². The summed E-state index contributed by atoms with van der Waals surface area (Å²) in [7, 11) is 0. The van der Waals surface area contributed by atoms with Crippen LogP contribution in [0.25, 0.3) is 0 Å². The molecule has 4 heteroatoms. The van der Waals surface area contributed by atoms with Crippen LogP contribution in [0.3, 0.4) is 0 Å². The normalized spacial score (nSPS) is 47.5. The Morgan fingerprint density at radius 2 is 1.62 bits per heavy atom. The van der Waals surface area contributed by atoms with Gasteiger partial charge in [0.25, 0.3) is 0 Å². The van der Waals surface area contributed by atoms with Crippen LogP contribution in [0.2, 0.25) is 0 Å². The smallest absolute Gasteiger partial charge is 0.263 e. The summed E-state index contributed by atoms with van der Waals surface area (Å²) >= 11 is -1.48. The minimum absolute atomic E-state index is 0.0316. The van der Waals surface area contributed by atoms with Gasteiger partial charge in [0.15, 0.2) is 0 Å². The van der Waals surface area contributed by atoms with Gasteiger partial charge >= 0.3 is 11.4 Å². The predicted octanol–water partition coefficient (Wildman–Crippen LogP) is 0.389. The van der Waals surface area contributed by atoms with E-state index in [4.69, 9.17) is 8.37 Å². The predicted molar refractivity (Wildman–Crippen MR) is 29.2 cm³/mol. The highest BCUT2D eigenvalue weighted by Gasteiger charge is 2.26. The lowest BCUT2D eigenvalue weighted by atomic mass is 10.3. The molecule has 3 atom stereocenters. The molecule has 0 bridgehead atoms. The molecule has 0 N–H and O–H groups in total. The van der Waals surface area contributed by atoms with Crippen LogP contribution in [0.4, 0.5) is 0 Å². The van der Waals surface area contributed by atoms with E-state index in [0.717, 1.165) is 0 Å². The highest BCUT2D eigenvalue weighted by Crippen LogP contribution is 2.15. The quantitative estimate of drug-likeness (QED) is 0.483. The van der Waals surface area contributed by atoms with Gasteiger partial charge in [0, 0.05) is 0 Å². The second kappa shape index (κ2) is 2.13. The summed E-state index contributed by atoms with van der Waals surface area (Å²) in [5, 5.41) is 0. The number of rotatable bonds is 0. The SMILES string of the molecule is C[C@@H]1OS(=O)O[C@@H]1C. The second-order valence-corrected chi connectivity index (χ2v) is 2.60. The summed E-state index contributed by atoms with van der Waals surface area (Å²) < 4.78 is 19.8. The van der Waals surface area contributed by atoms with Crippen molar-refractivity contribution in [2.45, 2.75) is 26.1 Å². The van der Waals surface area contributed by atoms with Crippen LogP contribution in [0.5, 0.6) is 0 Å². The Morgan fingerprint density at radius 1 is 1.25 bits per heavy atom. The van der Waals surface area contributed by atoms with E-state index in [1.807, 2.05) is 13.8 Å². The summed E-state index contributed by atoms with van der Waals surface area (Å²) in [5.74, 6) is 0. The largest absolute Gasteiger partial charge is 0.305 e. The van der Waals surface area contributed by atoms with Crippen molar-refractivity contribution < 1.29 is 12.6 Å². The molecule has 0 aromatic heterocycles. The summed E-state index contributed by atoms with van der Waals surface area (Å²) in [5.41, 5.74) is 0. The minimum atomic E-state index is -1.48. The summed E-state index contributed by atoms with van der Waals surface area (Å²) in [6.45, 7) is 3.66. The lowest BCUT2D eigenvalue weighted by Gasteiger charge is -1.99. The first-order chi connectivity index (χ1) is 3.70. The second-order valence-electron chi connectivity index (χ2n) is 1.81. The molecule has 0 radical (unpaired) electrons. The Hall–Kier alpha value is 0.0700. The minimum Gasteiger partial charge on any atom is -0.263 e. The van der Waals surface area contributed by atoms with Crippen molar-refractivity contribution >= 4 is 11.4 Å². The molecular formula is C4H8O3S. The molecule has 0 saturated carbocycles. The van der Waals surface area contributed by atoms with Crippen molar-refractivity contribution in [3.05, 3.63) is 0 Å². The zero-order valence-electron chi connectivity index (χ0n) is 4.79. The first kappa shape index (κ1) is 6.19. The van der Waals surface area contributed by atoms with Gasteiger partial charge in [0.1, 0.15) is 12.2 Å². The molecule has 3 nitrogen and oxygen atoms in total. The van der Waals surface area contributed by atoms with Crippen LogP contribution >= 0.6 is 0 Å². The van der Waals surface area contributed by atoms with Gasteiger partial charge in [-0.1, -0.05) is 0 Å². The van der Waals surface area contributed by atoms with E-state index >= 15 is 0 Å². The molecule has 1 saturated heterocycles. The van der Waals surface area contributed by atoms with Crippen molar-refractivity contribution in [2.75, 3.05) is 0 Å². The van der Waals surface area contributed by atoms with E-state index in [-0.39, 0.29) is 12.2 Å². The van der Waals surface area contributed by atoms with Crippen molar-refractivity contribution in [2.24, 2.45) is 0 Å². The number of hydrogen-bond acceptors (Lipinski definition) is 3. The summed E-state index contributed by atoms with van der Waals surface area (Å²) in [6, 6.07) is 0. The third kappa shape index (κ3) is 1.07. The lowest BCUT2D eigenvalue weighted by Crippen LogP contribution is -2.13. The highest BCUT2D eigenvalue weighted by molar-refractivity contribution is 7.75. The molecule has 1 fully saturated rings. The van der Waals surface area contributed by atoms with Crippen molar-refractivity contribution in [1.82, 2.24) is 0 Å². The maximum atomic E-state index is 10.3. The van der Waals surface area contributed by atoms with Crippen LogP contribution in [0, 0.1) is 0 Å². The molecule has 1 heterocycles. The molecule has 1 rings (SSSR count). The molecule has 0 aliphatic carbocycles. The van der Waals surface area contributed by atoms with Gasteiger partial charge in [-0.2, -0.15) is 4.21 Å². The standard InChI is InChI=1S/C4H8O3S/c1-3-4(2)7-8(5)6-3/h3-4H,1-2H3/t3-,4+,8?. The van der Waals surface area contributed by atoms with Crippen molar-refractivity contribution in [1.29, 1.82) is 0 Å². The Labute approximate surface area is 50.8 Å². The van der Waals surface area contributed by atoms with Crippen LogP contribution in [-0.4, -0.2) is 16.4 Å². The lowest BCUT2D eigenvalue weighted by molar-refractivity contribution is 0.187. The molecule has 0 spiro atoms. The van der Waals surface area contributed by atoms with Gasteiger partial charge < -0.3 is 0 Å². The third-order valence-electron chi connectivity index (χ3n) is 1.12. The fraction of sp³-hybridized carbons (Fsp3) is 1.00. The van der Waals surface area contributed by atoms with E-state index in [1.165, 1.54) is 0 Å². The zero-order valence-corrected chi connectivity index (χ0v) is 5.60. The molecule has 1 unspecified atom stereocenters. The van der Waals surface area contributed by atoms with E-state index in [0.29, 0.717) is 0 Å². The first-order valence-electron chi connectivity index (χ1n) is 2.46. The van der Waals surface area contributed by atoms with Gasteiger partial charge in [-0.3, -0.25) is 8.37 Å². The first-order valence-corrected chi connectivity index (χ1v) is 3.46. The molecule has 0 amide bonds. The summed E-state index contributed by atoms with van der Waals surface area (Å²) in [6.07, 6.45) is -0.0633. The van der Waals surface area contributed by atoms with Gasteiger partial charge in [-0.15, -0.1) is 0 Å². The molecule has 0 aromatic carbocycles. The van der Waals surface area contributed by atoms with E-state index in [1.54, 1.807) is 0 Å². The van der Waals surface area contributed by atoms with Gasteiger partial charge in [-0.25, -0.2) is 0 Å². The third-order valence-corrected chi connectivity index (χ3v) is 2.04. The molecular weight excluding hydrogens is 128 g/mol. The topological polar surface area (TPSA) is 35.5 Å². The molecule has 1 aliphatic heterocycles. The van der Waals surface area contributed by atoms with Gasteiger partial charge in [0.2, 0.25) is 0 Å². The van der Waals surface area contributed by atoms with E-state index in [9.17, 15) is 4.21 Å². The Bertz CT molecular complexity index is 102. The number of hydrogen-bond donors (Lipinski definition) is 0. The fourth-order valence-corrected chi connectivity index (χ4v) is 1.28. The van der Waals surface area contributed by atoms with Gasteiger partial charge in [0.05, 0.1) is 0 Å². The zero-order chi connectivity index (χ0) is 6.15. The van der Waals surface area contributed by atoms with E-state index in [2.05, 4.69) is 0 Å². The van der Waals surface area contributed by atoms with Crippen LogP contribution in [-0.2, 0) is 19.7 Å². The van der Waals surface area contributed by atoms with Crippen LogP contribution in [0.1, 0.15) is 13.8 Å². The highest BCUT2D eigenvalue weighted by atomic mass is 32.2. The van der Waals surface area contributed by atoms with Crippen LogP contribution in [0.15, 0.2) is 0 Å². The summed E-state index contributed by atoms with van der Waals surface area (Å²) in [4.78, 5) is 0. The fourth-order valence-electron chi connectivity index (χ4n) is 0.427. The monoisotopic (exact) mass is 136 g/mol. The Morgan fingerprint density at radius 3 is 1.75 bits per heavy atom. The molecule has 1 aliphatic rings. The molecule has 0 aromatic rings. The van der Waals surface area contributed by atoms with E-state index < -0.39 is 11.4 Å². The average molecular weight is 136 g/mol. The molecule has 48 valence electrons. The maximum absolute atomic E-state index is 10.3. The van der Waals surface area contributed by atoms with Gasteiger partial charge in [-0.05, 0) is 13.8 Å². The molecule has 8 heavy (non-hydrogen) atoms.